The van der Waals surface area contributed by atoms with Crippen molar-refractivity contribution in [2.75, 3.05) is 7.11 Å². The summed E-state index contributed by atoms with van der Waals surface area (Å²) in [5, 5.41) is 44.1. The second-order valence-corrected chi connectivity index (χ2v) is 13.3. The second kappa shape index (κ2) is 16.3. The van der Waals surface area contributed by atoms with Gasteiger partial charge in [0.25, 0.3) is 0 Å². The number of allylic oxidation sites excluding steroid dienone is 1. The van der Waals surface area contributed by atoms with E-state index in [1.807, 2.05) is 58.0 Å². The largest absolute Gasteiger partial charge is 0.479 e. The Balaban J connectivity index is 2.04. The van der Waals surface area contributed by atoms with Gasteiger partial charge in [-0.25, -0.2) is 19.2 Å². The van der Waals surface area contributed by atoms with Crippen LogP contribution in [0.5, 0.6) is 0 Å². The molecule has 0 aliphatic carbocycles. The fourth-order valence-corrected chi connectivity index (χ4v) is 6.68. The monoisotopic (exact) mass is 704 g/mol. The van der Waals surface area contributed by atoms with Crippen LogP contribution in [-0.4, -0.2) is 98.8 Å². The van der Waals surface area contributed by atoms with E-state index >= 15 is 0 Å². The highest BCUT2D eigenvalue weighted by Gasteiger charge is 2.86. The first kappa shape index (κ1) is 40.3. The van der Waals surface area contributed by atoms with Gasteiger partial charge in [-0.3, -0.25) is 4.79 Å². The van der Waals surface area contributed by atoms with Gasteiger partial charge in [0.05, 0.1) is 7.11 Å². The van der Waals surface area contributed by atoms with E-state index < -0.39 is 77.7 Å². The molecule has 0 amide bonds. The molecule has 276 valence electrons. The molecule has 2 saturated heterocycles. The van der Waals surface area contributed by atoms with Crippen LogP contribution < -0.4 is 0 Å². The van der Waals surface area contributed by atoms with Crippen molar-refractivity contribution in [3.8, 4) is 0 Å². The molecule has 2 bridgehead atoms. The smallest absolute Gasteiger partial charge is 0.344 e. The molecule has 50 heavy (non-hydrogen) atoms. The van der Waals surface area contributed by atoms with Crippen LogP contribution in [0.25, 0.3) is 0 Å². The lowest BCUT2D eigenvalue weighted by Crippen LogP contribution is -2.78. The molecule has 10 atom stereocenters. The first-order valence-electron chi connectivity index (χ1n) is 16.5. The van der Waals surface area contributed by atoms with Gasteiger partial charge < -0.3 is 44.1 Å². The number of rotatable bonds is 17. The van der Waals surface area contributed by atoms with Crippen LogP contribution >= 0.6 is 0 Å². The molecule has 0 spiro atoms. The molecule has 14 nitrogen and oxygen atoms in total. The standard InChI is InChI=1S/C36H48O14/c1-8-20(2)18-21(3)14-15-26(38)48-29-28(39)34(49-30(31(40)46-7)35(45,32(41)42)36(29,50-34)33(43)44)17-16-22(4)27(47-24(6)37)23(5)19-25-12-10-9-11-13-25/h9-15,20-21,23,27-30,39,45H,4,8,16-19H2,1-3,5-7H3,(H,41,42)(H,43,44)/b15-14+/t20-,21+,23-,27-,28+,29+,30+,34-,35+,36-/m0/s1. The number of ether oxygens (including phenoxy) is 5. The Morgan fingerprint density at radius 2 is 1.70 bits per heavy atom. The van der Waals surface area contributed by atoms with Gasteiger partial charge in [-0.15, -0.1) is 0 Å². The van der Waals surface area contributed by atoms with Crippen molar-refractivity contribution in [3.05, 3.63) is 60.2 Å². The summed E-state index contributed by atoms with van der Waals surface area (Å²) >= 11 is 0. The maximum absolute atomic E-state index is 13.1. The summed E-state index contributed by atoms with van der Waals surface area (Å²) in [6.45, 7) is 13.0. The average molecular weight is 705 g/mol. The van der Waals surface area contributed by atoms with Gasteiger partial charge in [0.15, 0.2) is 6.10 Å². The Labute approximate surface area is 291 Å². The Bertz CT molecular complexity index is 1460. The number of carbonyl (C=O) groups excluding carboxylic acids is 3. The number of carboxylic acids is 2. The van der Waals surface area contributed by atoms with Gasteiger partial charge in [0, 0.05) is 25.3 Å². The van der Waals surface area contributed by atoms with Crippen LogP contribution in [0.1, 0.15) is 65.9 Å². The summed E-state index contributed by atoms with van der Waals surface area (Å²) in [5.74, 6) is -10.4. The van der Waals surface area contributed by atoms with Crippen molar-refractivity contribution in [2.45, 2.75) is 108 Å². The van der Waals surface area contributed by atoms with Crippen molar-refractivity contribution in [1.29, 1.82) is 0 Å². The zero-order chi connectivity index (χ0) is 37.6. The van der Waals surface area contributed by atoms with E-state index in [0.717, 1.165) is 25.2 Å². The second-order valence-electron chi connectivity index (χ2n) is 13.3. The van der Waals surface area contributed by atoms with Gasteiger partial charge in [0.2, 0.25) is 23.1 Å². The van der Waals surface area contributed by atoms with E-state index in [1.165, 1.54) is 13.0 Å². The quantitative estimate of drug-likeness (QED) is 0.0795. The number of methoxy groups -OCH3 is 1. The van der Waals surface area contributed by atoms with Crippen molar-refractivity contribution < 1.29 is 68.1 Å². The number of fused-ring (bicyclic) bond motifs is 2. The van der Waals surface area contributed by atoms with Crippen molar-refractivity contribution >= 4 is 29.8 Å². The van der Waals surface area contributed by atoms with Crippen LogP contribution in [0.4, 0.5) is 0 Å². The third-order valence-electron chi connectivity index (χ3n) is 9.48. The van der Waals surface area contributed by atoms with Crippen LogP contribution in [0, 0.1) is 17.8 Å². The number of esters is 3. The van der Waals surface area contributed by atoms with E-state index in [4.69, 9.17) is 18.9 Å². The van der Waals surface area contributed by atoms with Gasteiger partial charge in [-0.2, -0.15) is 0 Å². The van der Waals surface area contributed by atoms with E-state index in [2.05, 4.69) is 11.3 Å². The maximum atomic E-state index is 13.1. The lowest BCUT2D eigenvalue weighted by molar-refractivity contribution is -0.374. The van der Waals surface area contributed by atoms with Crippen LogP contribution in [0.2, 0.25) is 0 Å². The zero-order valence-electron chi connectivity index (χ0n) is 29.2. The molecule has 0 unspecified atom stereocenters. The molecule has 3 rings (SSSR count). The first-order valence-corrected chi connectivity index (χ1v) is 16.5. The predicted molar refractivity (Wildman–Crippen MR) is 175 cm³/mol. The molecule has 2 fully saturated rings. The van der Waals surface area contributed by atoms with E-state index in [-0.39, 0.29) is 23.8 Å². The number of carboxylic acid groups (broad SMARTS) is 2. The topological polar surface area (TPSA) is 212 Å². The van der Waals surface area contributed by atoms with Crippen LogP contribution in [0.3, 0.4) is 0 Å². The molecule has 1 aromatic rings. The fourth-order valence-electron chi connectivity index (χ4n) is 6.68. The van der Waals surface area contributed by atoms with E-state index in [9.17, 15) is 44.4 Å². The Morgan fingerprint density at radius 1 is 1.06 bits per heavy atom. The van der Waals surface area contributed by atoms with Gasteiger partial charge in [0.1, 0.15) is 12.2 Å². The van der Waals surface area contributed by atoms with Crippen LogP contribution in [0.15, 0.2) is 54.6 Å². The average Bonchev–Trinajstić information content (AvgIpc) is 3.28. The highest BCUT2D eigenvalue weighted by Crippen LogP contribution is 2.56. The molecule has 2 heterocycles. The summed E-state index contributed by atoms with van der Waals surface area (Å²) in [6, 6.07) is 9.35. The minimum absolute atomic E-state index is 0.107. The number of carbonyl (C=O) groups is 5. The minimum Gasteiger partial charge on any atom is -0.479 e. The summed E-state index contributed by atoms with van der Waals surface area (Å²) in [5.41, 5.74) is -6.02. The SMILES string of the molecule is C=C(CC[C@]12O[C@H](C(=O)OC)[C@@](O)(C(=O)O)[C@](C(=O)O)(O1)[C@H](OC(=O)/C=C/[C@@H](C)C[C@@H](C)CC)[C@H]2O)[C@H](OC(C)=O)[C@@H](C)Cc1ccccc1. The van der Waals surface area contributed by atoms with E-state index in [0.29, 0.717) is 18.8 Å². The van der Waals surface area contributed by atoms with Gasteiger partial charge in [-0.05, 0) is 42.2 Å². The molecule has 0 aromatic heterocycles. The molecule has 2 aliphatic heterocycles. The Hall–Kier alpha value is -4.11. The minimum atomic E-state index is -3.77. The molecular formula is C36H48O14. The normalized spacial score (nSPS) is 29.7. The van der Waals surface area contributed by atoms with E-state index in [1.54, 1.807) is 0 Å². The van der Waals surface area contributed by atoms with Gasteiger partial charge in [-0.1, -0.05) is 77.1 Å². The lowest BCUT2D eigenvalue weighted by Gasteiger charge is -2.49. The molecule has 0 saturated carbocycles. The van der Waals surface area contributed by atoms with Gasteiger partial charge >= 0.3 is 29.8 Å². The molecule has 14 heteroatoms. The number of aliphatic hydroxyl groups is 2. The lowest BCUT2D eigenvalue weighted by atomic mass is 9.74. The number of benzene rings is 1. The van der Waals surface area contributed by atoms with Crippen LogP contribution in [-0.2, 0) is 54.1 Å². The highest BCUT2D eigenvalue weighted by atomic mass is 16.8. The number of hydrogen-bond donors (Lipinski definition) is 4. The fraction of sp³-hybridized carbons (Fsp3) is 0.583. The van der Waals surface area contributed by atoms with Crippen molar-refractivity contribution in [2.24, 2.45) is 17.8 Å². The molecule has 2 aliphatic rings. The number of hydrogen-bond acceptors (Lipinski definition) is 12. The Kier molecular flexibility index (Phi) is 13.1. The Morgan fingerprint density at radius 3 is 2.24 bits per heavy atom. The summed E-state index contributed by atoms with van der Waals surface area (Å²) in [7, 11) is 0.852. The molecular weight excluding hydrogens is 656 g/mol. The van der Waals surface area contributed by atoms with Crippen molar-refractivity contribution in [3.63, 3.8) is 0 Å². The third kappa shape index (κ3) is 7.93. The number of aliphatic hydroxyl groups excluding tert-OH is 1. The molecule has 4 N–H and O–H groups in total. The van der Waals surface area contributed by atoms with Crippen molar-refractivity contribution in [1.82, 2.24) is 0 Å². The summed E-state index contributed by atoms with van der Waals surface area (Å²) in [4.78, 5) is 64.0. The molecule has 0 radical (unpaired) electrons. The number of aliphatic carboxylic acids is 2. The third-order valence-corrected chi connectivity index (χ3v) is 9.48. The maximum Gasteiger partial charge on any atom is 0.344 e. The molecule has 1 aromatic carbocycles. The summed E-state index contributed by atoms with van der Waals surface area (Å²) in [6.07, 6.45) is -4.26. The summed E-state index contributed by atoms with van der Waals surface area (Å²) < 4.78 is 27.1. The predicted octanol–water partition coefficient (Wildman–Crippen LogP) is 2.97. The zero-order valence-corrected chi connectivity index (χ0v) is 29.2. The highest BCUT2D eigenvalue weighted by molar-refractivity contribution is 5.98. The first-order chi connectivity index (χ1) is 23.4.